The lowest BCUT2D eigenvalue weighted by Crippen LogP contribution is -2.12. The number of nitro groups is 1. The predicted octanol–water partition coefficient (Wildman–Crippen LogP) is 2.19. The number of nitrogens with one attached hydrogen (secondary N) is 2. The molecule has 2 rings (SSSR count). The van der Waals surface area contributed by atoms with E-state index in [-0.39, 0.29) is 17.3 Å². The van der Waals surface area contributed by atoms with Gasteiger partial charge in [0, 0.05) is 11.8 Å². The third-order valence-electron chi connectivity index (χ3n) is 2.57. The number of phenolic OH excluding ortho intramolecular Hbond substituents is 1. The number of rotatable bonds is 3. The van der Waals surface area contributed by atoms with Gasteiger partial charge in [-0.2, -0.15) is 0 Å². The van der Waals surface area contributed by atoms with Crippen molar-refractivity contribution in [1.29, 1.82) is 0 Å². The Hall–Kier alpha value is -2.83. The summed E-state index contributed by atoms with van der Waals surface area (Å²) in [6.07, 6.45) is 0. The van der Waals surface area contributed by atoms with Crippen LogP contribution in [0, 0.1) is 17.0 Å². The van der Waals surface area contributed by atoms with Gasteiger partial charge in [-0.3, -0.25) is 4.79 Å². The highest BCUT2D eigenvalue weighted by molar-refractivity contribution is 6.03. The topological polar surface area (TPSA) is 108 Å². The molecule has 0 saturated carbocycles. The van der Waals surface area contributed by atoms with Crippen molar-refractivity contribution in [3.8, 4) is 5.75 Å². The van der Waals surface area contributed by atoms with Gasteiger partial charge in [-0.15, -0.1) is 0 Å². The van der Waals surface area contributed by atoms with E-state index in [0.717, 1.165) is 0 Å². The summed E-state index contributed by atoms with van der Waals surface area (Å²) < 4.78 is 0. The van der Waals surface area contributed by atoms with E-state index in [2.05, 4.69) is 10.3 Å². The molecule has 0 radical (unpaired) electrons. The third-order valence-corrected chi connectivity index (χ3v) is 2.57. The molecular weight excluding hydrogens is 250 g/mol. The number of aromatic amines is 1. The minimum atomic E-state index is -0.610. The Balaban J connectivity index is 2.15. The first-order valence-corrected chi connectivity index (χ1v) is 5.42. The zero-order chi connectivity index (χ0) is 14.0. The number of anilines is 1. The van der Waals surface area contributed by atoms with Gasteiger partial charge < -0.3 is 20.5 Å². The van der Waals surface area contributed by atoms with Gasteiger partial charge in [0.05, 0.1) is 0 Å². The van der Waals surface area contributed by atoms with Crippen LogP contribution in [-0.2, 0) is 0 Å². The van der Waals surface area contributed by atoms with Crippen LogP contribution in [0.25, 0.3) is 0 Å². The van der Waals surface area contributed by atoms with Crippen LogP contribution in [0.5, 0.6) is 5.75 Å². The van der Waals surface area contributed by atoms with Crippen LogP contribution < -0.4 is 5.32 Å². The monoisotopic (exact) mass is 261 g/mol. The molecule has 0 atom stereocenters. The van der Waals surface area contributed by atoms with Crippen molar-refractivity contribution in [3.05, 3.63) is 51.7 Å². The quantitative estimate of drug-likeness (QED) is 0.447. The number of aromatic nitrogens is 1. The van der Waals surface area contributed by atoms with E-state index in [1.54, 1.807) is 13.0 Å². The summed E-state index contributed by atoms with van der Waals surface area (Å²) in [5, 5.41) is 22.4. The molecule has 0 fully saturated rings. The molecule has 1 aromatic heterocycles. The molecule has 19 heavy (non-hydrogen) atoms. The van der Waals surface area contributed by atoms with E-state index in [1.165, 1.54) is 24.3 Å². The summed E-state index contributed by atoms with van der Waals surface area (Å²) in [6.45, 7) is 1.70. The smallest absolute Gasteiger partial charge is 0.321 e. The van der Waals surface area contributed by atoms with E-state index in [0.29, 0.717) is 11.3 Å². The Kier molecular flexibility index (Phi) is 3.19. The fraction of sp³-hybridized carbons (Fsp3) is 0.0833. The normalized spacial score (nSPS) is 10.2. The van der Waals surface area contributed by atoms with Crippen molar-refractivity contribution in [2.24, 2.45) is 0 Å². The van der Waals surface area contributed by atoms with Gasteiger partial charge in [0.2, 0.25) is 0 Å². The van der Waals surface area contributed by atoms with Crippen LogP contribution >= 0.6 is 0 Å². The number of H-pyrrole nitrogens is 1. The van der Waals surface area contributed by atoms with Crippen LogP contribution in [-0.4, -0.2) is 20.9 Å². The Labute approximate surface area is 108 Å². The summed E-state index contributed by atoms with van der Waals surface area (Å²) in [7, 11) is 0. The van der Waals surface area contributed by atoms with E-state index >= 15 is 0 Å². The van der Waals surface area contributed by atoms with E-state index in [1.807, 2.05) is 0 Å². The number of carbonyl (C=O) groups is 1. The molecule has 3 N–H and O–H groups in total. The molecule has 7 heteroatoms. The molecule has 1 amide bonds. The van der Waals surface area contributed by atoms with Crippen LogP contribution in [0.4, 0.5) is 11.5 Å². The van der Waals surface area contributed by atoms with Crippen molar-refractivity contribution in [1.82, 2.24) is 4.98 Å². The first-order valence-electron chi connectivity index (χ1n) is 5.42. The number of carbonyl (C=O) groups excluding carboxylic acids is 1. The first-order chi connectivity index (χ1) is 8.97. The molecule has 0 bridgehead atoms. The first kappa shape index (κ1) is 12.6. The number of nitrogens with zero attached hydrogens (tertiary/aromatic N) is 1. The largest absolute Gasteiger partial charge is 0.508 e. The standard InChI is InChI=1S/C12H11N3O4/c1-7-6-8(2-4-10(7)16)13-12(17)9-3-5-11(14-9)15(18)19/h2-6,14,16H,1H3,(H,13,17). The summed E-state index contributed by atoms with van der Waals surface area (Å²) in [6, 6.07) is 7.15. The lowest BCUT2D eigenvalue weighted by Gasteiger charge is -2.04. The number of hydrogen-bond acceptors (Lipinski definition) is 4. The number of hydrogen-bond donors (Lipinski definition) is 3. The molecule has 1 heterocycles. The highest BCUT2D eigenvalue weighted by Crippen LogP contribution is 2.20. The van der Waals surface area contributed by atoms with Gasteiger partial charge in [0.25, 0.3) is 5.91 Å². The number of aryl methyl sites for hydroxylation is 1. The van der Waals surface area contributed by atoms with Crippen molar-refractivity contribution >= 4 is 17.4 Å². The van der Waals surface area contributed by atoms with Crippen LogP contribution in [0.2, 0.25) is 0 Å². The maximum atomic E-state index is 11.8. The summed E-state index contributed by atoms with van der Waals surface area (Å²) in [5.41, 5.74) is 1.21. The second-order valence-electron chi connectivity index (χ2n) is 3.97. The van der Waals surface area contributed by atoms with Crippen LogP contribution in [0.3, 0.4) is 0 Å². The van der Waals surface area contributed by atoms with Crippen LogP contribution in [0.1, 0.15) is 16.1 Å². The van der Waals surface area contributed by atoms with Gasteiger partial charge in [0.15, 0.2) is 5.69 Å². The molecule has 0 unspecified atom stereocenters. The second kappa shape index (κ2) is 4.81. The fourth-order valence-corrected chi connectivity index (χ4v) is 1.55. The van der Waals surface area contributed by atoms with Crippen molar-refractivity contribution in [2.75, 3.05) is 5.32 Å². The van der Waals surface area contributed by atoms with Gasteiger partial charge in [0.1, 0.15) is 5.75 Å². The summed E-state index contributed by atoms with van der Waals surface area (Å²) in [4.78, 5) is 24.1. The number of amides is 1. The fourth-order valence-electron chi connectivity index (χ4n) is 1.55. The average Bonchev–Trinajstić information content (AvgIpc) is 2.83. The highest BCUT2D eigenvalue weighted by atomic mass is 16.6. The molecule has 7 nitrogen and oxygen atoms in total. The Morgan fingerprint density at radius 2 is 2.11 bits per heavy atom. The van der Waals surface area contributed by atoms with E-state index in [4.69, 9.17) is 0 Å². The lowest BCUT2D eigenvalue weighted by atomic mass is 10.2. The second-order valence-corrected chi connectivity index (χ2v) is 3.97. The Morgan fingerprint density at radius 1 is 1.37 bits per heavy atom. The molecule has 2 aromatic rings. The molecule has 0 aliphatic carbocycles. The highest BCUT2D eigenvalue weighted by Gasteiger charge is 2.15. The molecule has 0 aliphatic heterocycles. The molecule has 0 saturated heterocycles. The van der Waals surface area contributed by atoms with Gasteiger partial charge in [-0.05, 0) is 41.7 Å². The summed E-state index contributed by atoms with van der Waals surface area (Å²) in [5.74, 6) is -0.598. The van der Waals surface area contributed by atoms with E-state index in [9.17, 15) is 20.0 Å². The zero-order valence-corrected chi connectivity index (χ0v) is 10.0. The van der Waals surface area contributed by atoms with Crippen molar-refractivity contribution < 1.29 is 14.8 Å². The summed E-state index contributed by atoms with van der Waals surface area (Å²) >= 11 is 0. The number of phenols is 1. The molecular formula is C12H11N3O4. The van der Waals surface area contributed by atoms with Crippen molar-refractivity contribution in [2.45, 2.75) is 6.92 Å². The van der Waals surface area contributed by atoms with Gasteiger partial charge >= 0.3 is 5.82 Å². The third kappa shape index (κ3) is 2.71. The maximum Gasteiger partial charge on any atom is 0.321 e. The Bertz CT molecular complexity index is 648. The lowest BCUT2D eigenvalue weighted by molar-refractivity contribution is -0.389. The predicted molar refractivity (Wildman–Crippen MR) is 68.2 cm³/mol. The number of aromatic hydroxyl groups is 1. The minimum absolute atomic E-state index is 0.0948. The van der Waals surface area contributed by atoms with Gasteiger partial charge in [-0.1, -0.05) is 0 Å². The maximum absolute atomic E-state index is 11.8. The SMILES string of the molecule is Cc1cc(NC(=O)c2ccc([N+](=O)[O-])[nH]2)ccc1O. The minimum Gasteiger partial charge on any atom is -0.508 e. The van der Waals surface area contributed by atoms with Crippen molar-refractivity contribution in [3.63, 3.8) is 0 Å². The average molecular weight is 261 g/mol. The molecule has 1 aromatic carbocycles. The number of benzene rings is 1. The molecule has 0 spiro atoms. The van der Waals surface area contributed by atoms with E-state index < -0.39 is 10.8 Å². The van der Waals surface area contributed by atoms with Crippen LogP contribution in [0.15, 0.2) is 30.3 Å². The Morgan fingerprint density at radius 3 is 2.68 bits per heavy atom. The molecule has 0 aliphatic rings. The van der Waals surface area contributed by atoms with Gasteiger partial charge in [-0.25, -0.2) is 4.98 Å². The zero-order valence-electron chi connectivity index (χ0n) is 10.0. The molecule has 98 valence electrons.